The number of carbonyl (C=O) groups excluding carboxylic acids is 2. The summed E-state index contributed by atoms with van der Waals surface area (Å²) in [5, 5.41) is 13.8. The summed E-state index contributed by atoms with van der Waals surface area (Å²) in [6.07, 6.45) is 6.83. The number of aromatic nitrogens is 3. The van der Waals surface area contributed by atoms with Crippen LogP contribution in [0.2, 0.25) is 0 Å². The third kappa shape index (κ3) is 6.20. The largest absolute Gasteiger partial charge is 0.332 e. The number of anilines is 1. The van der Waals surface area contributed by atoms with Gasteiger partial charge in [0, 0.05) is 35.9 Å². The number of carbonyl (C=O) groups is 2. The van der Waals surface area contributed by atoms with Crippen molar-refractivity contribution in [3.63, 3.8) is 0 Å². The van der Waals surface area contributed by atoms with Crippen molar-refractivity contribution in [2.24, 2.45) is 0 Å². The first-order chi connectivity index (χ1) is 16.1. The molecule has 2 aromatic heterocycles. The Morgan fingerprint density at radius 3 is 2.76 bits per heavy atom. The summed E-state index contributed by atoms with van der Waals surface area (Å²) >= 11 is 4.14. The number of likely N-dealkylation sites (tertiary alicyclic amines) is 1. The Labute approximate surface area is 204 Å². The summed E-state index contributed by atoms with van der Waals surface area (Å²) in [5.74, 6) is 8.42. The number of terminal acetylenes is 1. The molecule has 1 aromatic carbocycles. The van der Waals surface area contributed by atoms with Crippen molar-refractivity contribution in [3.8, 4) is 24.2 Å². The van der Waals surface area contributed by atoms with Gasteiger partial charge in [-0.1, -0.05) is 53.1 Å². The van der Waals surface area contributed by atoms with Crippen molar-refractivity contribution in [2.45, 2.75) is 23.1 Å². The predicted molar refractivity (Wildman–Crippen MR) is 131 cm³/mol. The number of amides is 2. The molecule has 0 unspecified atom stereocenters. The van der Waals surface area contributed by atoms with Crippen LogP contribution in [0.3, 0.4) is 0 Å². The normalized spacial score (nSPS) is 13.6. The van der Waals surface area contributed by atoms with Crippen LogP contribution in [0.4, 0.5) is 5.13 Å². The van der Waals surface area contributed by atoms with E-state index in [1.165, 1.54) is 34.4 Å². The van der Waals surface area contributed by atoms with E-state index in [2.05, 4.69) is 38.3 Å². The van der Waals surface area contributed by atoms with Crippen LogP contribution >= 0.6 is 34.4 Å². The van der Waals surface area contributed by atoms with Gasteiger partial charge in [-0.2, -0.15) is 0 Å². The highest BCUT2D eigenvalue weighted by Crippen LogP contribution is 2.31. The van der Waals surface area contributed by atoms with Crippen LogP contribution in [0.5, 0.6) is 0 Å². The molecule has 0 aliphatic carbocycles. The van der Waals surface area contributed by atoms with E-state index < -0.39 is 0 Å². The Bertz CT molecular complexity index is 1230. The molecule has 0 spiro atoms. The molecule has 166 valence electrons. The van der Waals surface area contributed by atoms with Gasteiger partial charge < -0.3 is 4.90 Å². The fourth-order valence-corrected chi connectivity index (χ4v) is 5.62. The highest BCUT2D eigenvalue weighted by molar-refractivity contribution is 8.01. The first kappa shape index (κ1) is 23.0. The van der Waals surface area contributed by atoms with Crippen molar-refractivity contribution in [2.75, 3.05) is 24.2 Å². The third-order valence-corrected chi connectivity index (χ3v) is 7.76. The fourth-order valence-electron chi connectivity index (χ4n) is 3.22. The quantitative estimate of drug-likeness (QED) is 0.331. The molecule has 1 N–H and O–H groups in total. The van der Waals surface area contributed by atoms with Gasteiger partial charge in [-0.25, -0.2) is 4.98 Å². The second-order valence-electron chi connectivity index (χ2n) is 7.07. The van der Waals surface area contributed by atoms with Crippen LogP contribution in [0.15, 0.2) is 40.1 Å². The van der Waals surface area contributed by atoms with E-state index in [9.17, 15) is 9.59 Å². The second kappa shape index (κ2) is 11.1. The Kier molecular flexibility index (Phi) is 7.74. The van der Waals surface area contributed by atoms with Gasteiger partial charge in [0.05, 0.1) is 10.8 Å². The maximum Gasteiger partial charge on any atom is 0.298 e. The number of piperidine rings is 1. The molecule has 1 fully saturated rings. The van der Waals surface area contributed by atoms with E-state index in [0.29, 0.717) is 34.0 Å². The Balaban J connectivity index is 1.29. The number of thioether (sulfide) groups is 1. The highest BCUT2D eigenvalue weighted by Gasteiger charge is 2.26. The lowest BCUT2D eigenvalue weighted by atomic mass is 9.97. The summed E-state index contributed by atoms with van der Waals surface area (Å²) in [5.41, 5.74) is 1.18. The third-order valence-electron chi connectivity index (χ3n) is 4.88. The van der Waals surface area contributed by atoms with Gasteiger partial charge in [0.2, 0.25) is 5.13 Å². The van der Waals surface area contributed by atoms with Gasteiger partial charge in [-0.15, -0.1) is 28.0 Å². The number of nitrogens with zero attached hydrogens (tertiary/aromatic N) is 4. The van der Waals surface area contributed by atoms with Crippen molar-refractivity contribution < 1.29 is 9.59 Å². The first-order valence-electron chi connectivity index (χ1n) is 10.1. The van der Waals surface area contributed by atoms with E-state index in [0.717, 1.165) is 23.4 Å². The molecule has 3 aromatic rings. The number of hydrogen-bond donors (Lipinski definition) is 1. The van der Waals surface area contributed by atoms with E-state index in [4.69, 9.17) is 6.42 Å². The Hall–Kier alpha value is -3.18. The van der Waals surface area contributed by atoms with E-state index >= 15 is 0 Å². The molecular weight excluding hydrogens is 474 g/mol. The van der Waals surface area contributed by atoms with E-state index in [1.807, 2.05) is 30.3 Å². The maximum atomic E-state index is 12.5. The lowest BCUT2D eigenvalue weighted by Crippen LogP contribution is -2.37. The molecule has 33 heavy (non-hydrogen) atoms. The topological polar surface area (TPSA) is 88.1 Å². The smallest absolute Gasteiger partial charge is 0.298 e. The zero-order valence-electron chi connectivity index (χ0n) is 17.5. The average Bonchev–Trinajstić information content (AvgIpc) is 3.52. The lowest BCUT2D eigenvalue weighted by Gasteiger charge is -2.29. The van der Waals surface area contributed by atoms with E-state index in [-0.39, 0.29) is 17.7 Å². The van der Waals surface area contributed by atoms with Crippen LogP contribution in [-0.2, 0) is 4.79 Å². The van der Waals surface area contributed by atoms with Gasteiger partial charge >= 0.3 is 0 Å². The van der Waals surface area contributed by atoms with Crippen LogP contribution in [0.25, 0.3) is 0 Å². The number of thiazole rings is 1. The van der Waals surface area contributed by atoms with Gasteiger partial charge in [0.25, 0.3) is 11.8 Å². The minimum Gasteiger partial charge on any atom is -0.332 e. The summed E-state index contributed by atoms with van der Waals surface area (Å²) in [4.78, 5) is 31.2. The molecule has 2 amide bonds. The monoisotopic (exact) mass is 493 g/mol. The summed E-state index contributed by atoms with van der Waals surface area (Å²) in [6, 6.07) is 9.47. The number of benzene rings is 1. The molecule has 7 nitrogen and oxygen atoms in total. The molecule has 3 heterocycles. The molecule has 0 radical (unpaired) electrons. The van der Waals surface area contributed by atoms with Gasteiger partial charge in [0.1, 0.15) is 5.69 Å². The summed E-state index contributed by atoms with van der Waals surface area (Å²) in [7, 11) is 0. The van der Waals surface area contributed by atoms with Gasteiger partial charge in [-0.3, -0.25) is 14.9 Å². The standard InChI is InChI=1S/C23H19N5O2S3/c1-2-14-31-23-27-26-22(33-23)25-20(30)18-15-32-21(24-18)17-10-12-28(13-11-17)19(29)9-8-16-6-4-3-5-7-16/h1,3-7,15,17H,10-14H2,(H,25,26,30). The van der Waals surface area contributed by atoms with Crippen molar-refractivity contribution in [1.82, 2.24) is 20.1 Å². The molecule has 0 atom stereocenters. The predicted octanol–water partition coefficient (Wildman–Crippen LogP) is 3.73. The van der Waals surface area contributed by atoms with Crippen molar-refractivity contribution in [1.29, 1.82) is 0 Å². The molecule has 10 heteroatoms. The Morgan fingerprint density at radius 1 is 1.21 bits per heavy atom. The van der Waals surface area contributed by atoms with E-state index in [1.54, 1.807) is 10.3 Å². The number of nitrogens with one attached hydrogen (secondary N) is 1. The maximum absolute atomic E-state index is 12.5. The van der Waals surface area contributed by atoms with Gasteiger partial charge in [0.15, 0.2) is 4.34 Å². The van der Waals surface area contributed by atoms with Crippen LogP contribution in [0.1, 0.15) is 39.8 Å². The van der Waals surface area contributed by atoms with Crippen LogP contribution in [0, 0.1) is 24.2 Å². The summed E-state index contributed by atoms with van der Waals surface area (Å²) < 4.78 is 0.706. The van der Waals surface area contributed by atoms with Crippen molar-refractivity contribution in [3.05, 3.63) is 52.0 Å². The minimum atomic E-state index is -0.314. The molecule has 1 aliphatic rings. The molecule has 4 rings (SSSR count). The van der Waals surface area contributed by atoms with Crippen LogP contribution < -0.4 is 5.32 Å². The highest BCUT2D eigenvalue weighted by atomic mass is 32.2. The molecule has 0 saturated carbocycles. The first-order valence-corrected chi connectivity index (χ1v) is 12.8. The van der Waals surface area contributed by atoms with Crippen molar-refractivity contribution >= 4 is 51.4 Å². The lowest BCUT2D eigenvalue weighted by molar-refractivity contribution is -0.126. The molecular formula is C23H19N5O2S3. The average molecular weight is 494 g/mol. The summed E-state index contributed by atoms with van der Waals surface area (Å²) in [6.45, 7) is 1.24. The molecule has 1 saturated heterocycles. The van der Waals surface area contributed by atoms with Gasteiger partial charge in [-0.05, 0) is 25.0 Å². The Morgan fingerprint density at radius 2 is 2.00 bits per heavy atom. The SMILES string of the molecule is C#CCSc1nnc(NC(=O)c2csc(C3CCN(C(=O)C#Cc4ccccc4)CC3)n2)s1. The number of hydrogen-bond acceptors (Lipinski definition) is 8. The fraction of sp³-hybridized carbons (Fsp3) is 0.261. The number of rotatable bonds is 5. The van der Waals surface area contributed by atoms with Crippen LogP contribution in [-0.4, -0.2) is 50.7 Å². The molecule has 1 aliphatic heterocycles. The second-order valence-corrected chi connectivity index (χ2v) is 10.2. The minimum absolute atomic E-state index is 0.159. The zero-order chi connectivity index (χ0) is 23.0. The zero-order valence-corrected chi connectivity index (χ0v) is 19.9. The molecule has 0 bridgehead atoms.